The summed E-state index contributed by atoms with van der Waals surface area (Å²) in [6, 6.07) is 0. The standard InChI is InChI=1S/C11H21NO5.2C2H6/c1-10(2,3)17-9(15)12-4-5-16-11(6-12,7-13)8-14;2*1-2/h13-14H,4-8H2,1-3H3;2*1-2H3. The Hall–Kier alpha value is -0.850. The van der Waals surface area contributed by atoms with Gasteiger partial charge in [0, 0.05) is 6.54 Å². The number of nitrogens with zero attached hydrogens (tertiary/aromatic N) is 1. The number of carbonyl (C=O) groups excluding carboxylic acids is 1. The molecule has 0 saturated carbocycles. The Bertz CT molecular complexity index is 272. The predicted molar refractivity (Wildman–Crippen MR) is 83.4 cm³/mol. The van der Waals surface area contributed by atoms with Crippen LogP contribution >= 0.6 is 0 Å². The first-order valence-corrected chi connectivity index (χ1v) is 7.65. The van der Waals surface area contributed by atoms with Crippen molar-refractivity contribution in [2.45, 2.75) is 59.7 Å². The summed E-state index contributed by atoms with van der Waals surface area (Å²) in [5.74, 6) is 0. The van der Waals surface area contributed by atoms with E-state index < -0.39 is 17.3 Å². The number of hydrogen-bond acceptors (Lipinski definition) is 5. The van der Waals surface area contributed by atoms with Crippen molar-refractivity contribution in [3.63, 3.8) is 0 Å². The molecule has 0 spiro atoms. The van der Waals surface area contributed by atoms with Crippen LogP contribution in [0.3, 0.4) is 0 Å². The molecule has 0 aromatic heterocycles. The third-order valence-corrected chi connectivity index (χ3v) is 2.48. The normalized spacial score (nSPS) is 16.9. The molecule has 0 radical (unpaired) electrons. The molecule has 1 rings (SSSR count). The Morgan fingerprint density at radius 3 is 2.05 bits per heavy atom. The fourth-order valence-corrected chi connectivity index (χ4v) is 1.57. The van der Waals surface area contributed by atoms with Gasteiger partial charge in [-0.3, -0.25) is 0 Å². The maximum atomic E-state index is 11.8. The van der Waals surface area contributed by atoms with Crippen LogP contribution < -0.4 is 0 Å². The van der Waals surface area contributed by atoms with Crippen LogP contribution in [-0.2, 0) is 9.47 Å². The van der Waals surface area contributed by atoms with E-state index in [0.717, 1.165) is 0 Å². The van der Waals surface area contributed by atoms with Gasteiger partial charge in [-0.15, -0.1) is 0 Å². The average molecular weight is 307 g/mol. The molecule has 1 heterocycles. The lowest BCUT2D eigenvalue weighted by molar-refractivity contribution is -0.150. The van der Waals surface area contributed by atoms with Crippen LogP contribution in [0.5, 0.6) is 0 Å². The lowest BCUT2D eigenvalue weighted by Crippen LogP contribution is -2.58. The monoisotopic (exact) mass is 307 g/mol. The number of morpholine rings is 1. The van der Waals surface area contributed by atoms with E-state index in [1.165, 1.54) is 4.90 Å². The van der Waals surface area contributed by atoms with Gasteiger partial charge in [0.15, 0.2) is 0 Å². The van der Waals surface area contributed by atoms with E-state index in [4.69, 9.17) is 9.47 Å². The van der Waals surface area contributed by atoms with Crippen molar-refractivity contribution in [2.24, 2.45) is 0 Å². The van der Waals surface area contributed by atoms with Crippen molar-refractivity contribution in [3.05, 3.63) is 0 Å². The Labute approximate surface area is 129 Å². The highest BCUT2D eigenvalue weighted by atomic mass is 16.6. The molecule has 1 saturated heterocycles. The molecule has 0 unspecified atom stereocenters. The SMILES string of the molecule is CC.CC.CC(C)(C)OC(=O)N1CCOC(CO)(CO)C1. The first-order chi connectivity index (χ1) is 9.82. The first-order valence-electron chi connectivity index (χ1n) is 7.65. The van der Waals surface area contributed by atoms with Gasteiger partial charge < -0.3 is 24.6 Å². The number of rotatable bonds is 2. The van der Waals surface area contributed by atoms with Gasteiger partial charge in [0.05, 0.1) is 26.4 Å². The van der Waals surface area contributed by atoms with Crippen molar-refractivity contribution < 1.29 is 24.5 Å². The summed E-state index contributed by atoms with van der Waals surface area (Å²) in [6.45, 7) is 13.5. The largest absolute Gasteiger partial charge is 0.444 e. The van der Waals surface area contributed by atoms with Gasteiger partial charge in [0.25, 0.3) is 0 Å². The van der Waals surface area contributed by atoms with Gasteiger partial charge in [0.2, 0.25) is 0 Å². The van der Waals surface area contributed by atoms with Crippen molar-refractivity contribution in [1.82, 2.24) is 4.90 Å². The molecular formula is C15H33NO5. The fourth-order valence-electron chi connectivity index (χ4n) is 1.57. The number of ether oxygens (including phenoxy) is 2. The second-order valence-electron chi connectivity index (χ2n) is 5.25. The summed E-state index contributed by atoms with van der Waals surface area (Å²) in [7, 11) is 0. The molecule has 1 amide bonds. The summed E-state index contributed by atoms with van der Waals surface area (Å²) < 4.78 is 10.6. The zero-order chi connectivity index (χ0) is 17.1. The van der Waals surface area contributed by atoms with Gasteiger partial charge in [0.1, 0.15) is 11.2 Å². The molecule has 1 fully saturated rings. The number of aliphatic hydroxyl groups excluding tert-OH is 2. The number of hydrogen-bond donors (Lipinski definition) is 2. The zero-order valence-corrected chi connectivity index (χ0v) is 14.6. The minimum absolute atomic E-state index is 0.134. The Balaban J connectivity index is 0. The van der Waals surface area contributed by atoms with E-state index in [2.05, 4.69) is 0 Å². The van der Waals surface area contributed by atoms with Gasteiger partial charge in [-0.1, -0.05) is 27.7 Å². The lowest BCUT2D eigenvalue weighted by atomic mass is 10.0. The molecule has 1 aliphatic rings. The first kappa shape index (κ1) is 22.4. The highest BCUT2D eigenvalue weighted by Crippen LogP contribution is 2.19. The summed E-state index contributed by atoms with van der Waals surface area (Å²) in [5.41, 5.74) is -1.63. The van der Waals surface area contributed by atoms with E-state index in [9.17, 15) is 15.0 Å². The van der Waals surface area contributed by atoms with E-state index >= 15 is 0 Å². The minimum Gasteiger partial charge on any atom is -0.444 e. The highest BCUT2D eigenvalue weighted by molar-refractivity contribution is 5.68. The van der Waals surface area contributed by atoms with Crippen molar-refractivity contribution in [1.29, 1.82) is 0 Å². The summed E-state index contributed by atoms with van der Waals surface area (Å²) >= 11 is 0. The number of aliphatic hydroxyl groups is 2. The minimum atomic E-state index is -1.07. The summed E-state index contributed by atoms with van der Waals surface area (Å²) in [5, 5.41) is 18.4. The number of amides is 1. The molecule has 1 aliphatic heterocycles. The fraction of sp³-hybridized carbons (Fsp3) is 0.933. The molecule has 6 heteroatoms. The molecule has 0 aromatic rings. The van der Waals surface area contributed by atoms with Crippen LogP contribution in [0, 0.1) is 0 Å². The van der Waals surface area contributed by atoms with E-state index in [-0.39, 0.29) is 26.4 Å². The van der Waals surface area contributed by atoms with Crippen LogP contribution in [0.25, 0.3) is 0 Å². The molecule has 6 nitrogen and oxygen atoms in total. The van der Waals surface area contributed by atoms with Gasteiger partial charge in [-0.25, -0.2) is 4.79 Å². The van der Waals surface area contributed by atoms with Crippen LogP contribution in [-0.4, -0.2) is 65.3 Å². The van der Waals surface area contributed by atoms with Crippen molar-refractivity contribution >= 4 is 6.09 Å². The molecule has 2 N–H and O–H groups in total. The molecule has 21 heavy (non-hydrogen) atoms. The van der Waals surface area contributed by atoms with Gasteiger partial charge in [-0.05, 0) is 20.8 Å². The second kappa shape index (κ2) is 10.8. The smallest absolute Gasteiger partial charge is 0.410 e. The molecular weight excluding hydrogens is 274 g/mol. The maximum absolute atomic E-state index is 11.8. The quantitative estimate of drug-likeness (QED) is 0.816. The molecule has 0 bridgehead atoms. The lowest BCUT2D eigenvalue weighted by Gasteiger charge is -2.40. The van der Waals surface area contributed by atoms with E-state index in [0.29, 0.717) is 6.54 Å². The highest BCUT2D eigenvalue weighted by Gasteiger charge is 2.38. The second-order valence-corrected chi connectivity index (χ2v) is 5.25. The molecule has 0 aromatic carbocycles. The number of carbonyl (C=O) groups is 1. The van der Waals surface area contributed by atoms with Crippen LogP contribution in [0.1, 0.15) is 48.5 Å². The Morgan fingerprint density at radius 2 is 1.67 bits per heavy atom. The van der Waals surface area contributed by atoms with Crippen LogP contribution in [0.4, 0.5) is 4.79 Å². The predicted octanol–water partition coefficient (Wildman–Crippen LogP) is 2.03. The summed E-state index contributed by atoms with van der Waals surface area (Å²) in [6.07, 6.45) is -0.452. The maximum Gasteiger partial charge on any atom is 0.410 e. The molecule has 128 valence electrons. The van der Waals surface area contributed by atoms with E-state index in [1.807, 2.05) is 27.7 Å². The van der Waals surface area contributed by atoms with Crippen molar-refractivity contribution in [2.75, 3.05) is 32.9 Å². The molecule has 0 aliphatic carbocycles. The van der Waals surface area contributed by atoms with Crippen LogP contribution in [0.2, 0.25) is 0 Å². The average Bonchev–Trinajstić information content (AvgIpc) is 2.49. The van der Waals surface area contributed by atoms with E-state index in [1.54, 1.807) is 20.8 Å². The topological polar surface area (TPSA) is 79.2 Å². The summed E-state index contributed by atoms with van der Waals surface area (Å²) in [4.78, 5) is 13.3. The Kier molecular flexibility index (Phi) is 11.6. The third kappa shape index (κ3) is 8.24. The molecule has 0 atom stereocenters. The Morgan fingerprint density at radius 1 is 1.19 bits per heavy atom. The zero-order valence-electron chi connectivity index (χ0n) is 14.6. The van der Waals surface area contributed by atoms with Gasteiger partial charge in [-0.2, -0.15) is 0 Å². The third-order valence-electron chi connectivity index (χ3n) is 2.48. The van der Waals surface area contributed by atoms with Crippen molar-refractivity contribution in [3.8, 4) is 0 Å². The van der Waals surface area contributed by atoms with Crippen LogP contribution in [0.15, 0.2) is 0 Å². The van der Waals surface area contributed by atoms with Gasteiger partial charge >= 0.3 is 6.09 Å².